The number of carbonyl (C=O) groups is 1. The van der Waals surface area contributed by atoms with Gasteiger partial charge in [0.05, 0.1) is 18.7 Å². The molecule has 1 amide bonds. The molecule has 118 valence electrons. The summed E-state index contributed by atoms with van der Waals surface area (Å²) in [5.41, 5.74) is 0. The molecule has 3 unspecified atom stereocenters. The Morgan fingerprint density at radius 2 is 2.29 bits per heavy atom. The Labute approximate surface area is 131 Å². The maximum absolute atomic E-state index is 12.3. The highest BCUT2D eigenvalue weighted by Gasteiger charge is 2.28. The number of likely N-dealkylation sites (tertiary alicyclic amines) is 1. The third kappa shape index (κ3) is 4.53. The number of rotatable bonds is 6. The zero-order valence-electron chi connectivity index (χ0n) is 13.1. The third-order valence-corrected chi connectivity index (χ3v) is 5.15. The van der Waals surface area contributed by atoms with E-state index in [1.165, 1.54) is 4.88 Å². The number of nitrogens with zero attached hydrogens (tertiary/aromatic N) is 1. The minimum atomic E-state index is -0.285. The molecule has 1 aliphatic heterocycles. The van der Waals surface area contributed by atoms with Gasteiger partial charge in [0.15, 0.2) is 0 Å². The lowest BCUT2D eigenvalue weighted by atomic mass is 10.0. The fraction of sp³-hybridized carbons (Fsp3) is 0.688. The van der Waals surface area contributed by atoms with E-state index >= 15 is 0 Å². The van der Waals surface area contributed by atoms with Crippen molar-refractivity contribution in [3.05, 3.63) is 22.4 Å². The molecule has 1 fully saturated rings. The van der Waals surface area contributed by atoms with Crippen LogP contribution in [-0.4, -0.2) is 41.7 Å². The molecule has 4 nitrogen and oxygen atoms in total. The van der Waals surface area contributed by atoms with Crippen molar-refractivity contribution in [2.45, 2.75) is 39.3 Å². The monoisotopic (exact) mass is 310 g/mol. The summed E-state index contributed by atoms with van der Waals surface area (Å²) < 4.78 is 0. The zero-order chi connectivity index (χ0) is 15.4. The molecule has 0 aromatic carbocycles. The number of hydrogen-bond acceptors (Lipinski definition) is 4. The minimum Gasteiger partial charge on any atom is -0.393 e. The van der Waals surface area contributed by atoms with Gasteiger partial charge >= 0.3 is 0 Å². The van der Waals surface area contributed by atoms with Crippen LogP contribution in [0.3, 0.4) is 0 Å². The van der Waals surface area contributed by atoms with Crippen molar-refractivity contribution in [3.63, 3.8) is 0 Å². The molecule has 0 aliphatic carbocycles. The fourth-order valence-corrected chi connectivity index (χ4v) is 3.81. The Morgan fingerprint density at radius 1 is 1.52 bits per heavy atom. The first-order valence-electron chi connectivity index (χ1n) is 7.70. The van der Waals surface area contributed by atoms with Crippen LogP contribution in [0.1, 0.15) is 38.1 Å². The van der Waals surface area contributed by atoms with Crippen LogP contribution in [0.2, 0.25) is 0 Å². The highest BCUT2D eigenvalue weighted by atomic mass is 32.1. The minimum absolute atomic E-state index is 0.0772. The molecule has 2 rings (SSSR count). The lowest BCUT2D eigenvalue weighted by Gasteiger charge is -2.23. The molecule has 2 heterocycles. The van der Waals surface area contributed by atoms with E-state index in [1.807, 2.05) is 18.4 Å². The van der Waals surface area contributed by atoms with E-state index in [9.17, 15) is 9.90 Å². The number of aliphatic hydroxyl groups is 1. The first kappa shape index (κ1) is 16.5. The second-order valence-electron chi connectivity index (χ2n) is 6.33. The number of aliphatic hydroxyl groups excluding tert-OH is 1. The molecule has 21 heavy (non-hydrogen) atoms. The first-order valence-corrected chi connectivity index (χ1v) is 8.58. The summed E-state index contributed by atoms with van der Waals surface area (Å²) in [6, 6.07) is 4.19. The highest BCUT2D eigenvalue weighted by molar-refractivity contribution is 7.10. The van der Waals surface area contributed by atoms with Gasteiger partial charge in [0.1, 0.15) is 0 Å². The predicted octanol–water partition coefficient (Wildman–Crippen LogP) is 2.26. The average Bonchev–Trinajstić information content (AvgIpc) is 3.06. The van der Waals surface area contributed by atoms with Crippen molar-refractivity contribution in [1.29, 1.82) is 0 Å². The van der Waals surface area contributed by atoms with E-state index in [0.717, 1.165) is 19.5 Å². The van der Waals surface area contributed by atoms with E-state index in [-0.39, 0.29) is 18.1 Å². The second-order valence-corrected chi connectivity index (χ2v) is 7.31. The zero-order valence-corrected chi connectivity index (χ0v) is 13.9. The van der Waals surface area contributed by atoms with Crippen LogP contribution in [0.25, 0.3) is 0 Å². The number of thiophene rings is 1. The van der Waals surface area contributed by atoms with Gasteiger partial charge in [-0.05, 0) is 43.2 Å². The van der Waals surface area contributed by atoms with Crippen molar-refractivity contribution in [3.8, 4) is 0 Å². The summed E-state index contributed by atoms with van der Waals surface area (Å²) >= 11 is 1.69. The summed E-state index contributed by atoms with van der Waals surface area (Å²) in [7, 11) is 0. The van der Waals surface area contributed by atoms with Crippen molar-refractivity contribution in [2.24, 2.45) is 11.8 Å². The van der Waals surface area contributed by atoms with Gasteiger partial charge < -0.3 is 10.4 Å². The number of amides is 1. The standard InChI is InChI=1S/C16H26N2O2S/c1-11(2)16(14-5-4-8-21-14)17-15(20)10-18-7-6-13(9-18)12(3)19/h4-5,8,11-13,16,19H,6-7,9-10H2,1-3H3,(H,17,20). The van der Waals surface area contributed by atoms with Gasteiger partial charge in [-0.3, -0.25) is 9.69 Å². The van der Waals surface area contributed by atoms with Crippen LogP contribution in [0.15, 0.2) is 17.5 Å². The van der Waals surface area contributed by atoms with Crippen LogP contribution < -0.4 is 5.32 Å². The molecule has 0 bridgehead atoms. The molecular formula is C16H26N2O2S. The van der Waals surface area contributed by atoms with Crippen LogP contribution in [0.5, 0.6) is 0 Å². The van der Waals surface area contributed by atoms with Gasteiger partial charge in [-0.1, -0.05) is 19.9 Å². The number of nitrogens with one attached hydrogen (secondary N) is 1. The molecule has 5 heteroatoms. The lowest BCUT2D eigenvalue weighted by molar-refractivity contribution is -0.123. The molecule has 1 saturated heterocycles. The molecular weight excluding hydrogens is 284 g/mol. The van der Waals surface area contributed by atoms with Gasteiger partial charge in [0, 0.05) is 11.4 Å². The molecule has 1 aliphatic rings. The average molecular weight is 310 g/mol. The van der Waals surface area contributed by atoms with E-state index in [4.69, 9.17) is 0 Å². The summed E-state index contributed by atoms with van der Waals surface area (Å²) in [6.07, 6.45) is 0.691. The topological polar surface area (TPSA) is 52.6 Å². The maximum atomic E-state index is 12.3. The normalized spacial score (nSPS) is 22.4. The van der Waals surface area contributed by atoms with Gasteiger partial charge in [-0.15, -0.1) is 11.3 Å². The fourth-order valence-electron chi connectivity index (χ4n) is 2.86. The Balaban J connectivity index is 1.86. The smallest absolute Gasteiger partial charge is 0.234 e. The Kier molecular flexibility index (Phi) is 5.79. The van der Waals surface area contributed by atoms with E-state index in [2.05, 4.69) is 30.1 Å². The highest BCUT2D eigenvalue weighted by Crippen LogP contribution is 2.26. The first-order chi connectivity index (χ1) is 9.97. The molecule has 1 aromatic rings. The van der Waals surface area contributed by atoms with Crippen LogP contribution in [0, 0.1) is 11.8 Å². The van der Waals surface area contributed by atoms with Crippen molar-refractivity contribution < 1.29 is 9.90 Å². The van der Waals surface area contributed by atoms with Crippen molar-refractivity contribution >= 4 is 17.2 Å². The molecule has 2 N–H and O–H groups in total. The molecule has 1 aromatic heterocycles. The Hall–Kier alpha value is -0.910. The summed E-state index contributed by atoms with van der Waals surface area (Å²) in [6.45, 7) is 8.23. The summed E-state index contributed by atoms with van der Waals surface area (Å²) in [5.74, 6) is 0.751. The van der Waals surface area contributed by atoms with E-state index in [0.29, 0.717) is 18.4 Å². The maximum Gasteiger partial charge on any atom is 0.234 e. The van der Waals surface area contributed by atoms with Gasteiger partial charge in [0.2, 0.25) is 5.91 Å². The SMILES string of the molecule is CC(C)C(NC(=O)CN1CCC(C(C)O)C1)c1cccs1. The van der Waals surface area contributed by atoms with Crippen molar-refractivity contribution in [1.82, 2.24) is 10.2 Å². The van der Waals surface area contributed by atoms with Gasteiger partial charge in [0.25, 0.3) is 0 Å². The van der Waals surface area contributed by atoms with E-state index in [1.54, 1.807) is 11.3 Å². The quantitative estimate of drug-likeness (QED) is 0.847. The largest absolute Gasteiger partial charge is 0.393 e. The lowest BCUT2D eigenvalue weighted by Crippen LogP contribution is -2.39. The van der Waals surface area contributed by atoms with Crippen LogP contribution in [-0.2, 0) is 4.79 Å². The van der Waals surface area contributed by atoms with Gasteiger partial charge in [-0.25, -0.2) is 0 Å². The molecule has 0 spiro atoms. The van der Waals surface area contributed by atoms with Gasteiger partial charge in [-0.2, -0.15) is 0 Å². The Bertz CT molecular complexity index is 445. The molecule has 3 atom stereocenters. The molecule has 0 radical (unpaired) electrons. The predicted molar refractivity (Wildman–Crippen MR) is 86.3 cm³/mol. The van der Waals surface area contributed by atoms with E-state index < -0.39 is 0 Å². The van der Waals surface area contributed by atoms with Crippen molar-refractivity contribution in [2.75, 3.05) is 19.6 Å². The van der Waals surface area contributed by atoms with Crippen LogP contribution >= 0.6 is 11.3 Å². The summed E-state index contributed by atoms with van der Waals surface area (Å²) in [4.78, 5) is 15.6. The number of carbonyl (C=O) groups excluding carboxylic acids is 1. The summed E-state index contributed by atoms with van der Waals surface area (Å²) in [5, 5.41) is 14.8. The third-order valence-electron chi connectivity index (χ3n) is 4.19. The Morgan fingerprint density at radius 3 is 2.81 bits per heavy atom. The number of hydrogen-bond donors (Lipinski definition) is 2. The molecule has 0 saturated carbocycles. The van der Waals surface area contributed by atoms with Crippen LogP contribution in [0.4, 0.5) is 0 Å². The second kappa shape index (κ2) is 7.38.